The van der Waals surface area contributed by atoms with Crippen molar-refractivity contribution in [1.82, 2.24) is 5.01 Å². The summed E-state index contributed by atoms with van der Waals surface area (Å²) in [6.45, 7) is 0. The molecule has 0 saturated heterocycles. The lowest BCUT2D eigenvalue weighted by Crippen LogP contribution is -2.39. The van der Waals surface area contributed by atoms with Gasteiger partial charge in [-0.3, -0.25) is 9.80 Å². The lowest BCUT2D eigenvalue weighted by Gasteiger charge is -2.19. The van der Waals surface area contributed by atoms with Crippen LogP contribution in [0, 0.1) is 5.92 Å². The van der Waals surface area contributed by atoms with E-state index in [-0.39, 0.29) is 11.9 Å². The van der Waals surface area contributed by atoms with E-state index in [9.17, 15) is 4.79 Å². The van der Waals surface area contributed by atoms with Gasteiger partial charge in [0, 0.05) is 19.5 Å². The molecule has 0 bridgehead atoms. The Hall–Kier alpha value is -0.610. The summed E-state index contributed by atoms with van der Waals surface area (Å²) in [7, 11) is 1.56. The van der Waals surface area contributed by atoms with Gasteiger partial charge in [0.2, 0.25) is 5.91 Å². The maximum atomic E-state index is 11.2. The molecule has 76 valence electrons. The van der Waals surface area contributed by atoms with Gasteiger partial charge >= 0.3 is 0 Å². The molecule has 1 aliphatic rings. The van der Waals surface area contributed by atoms with Crippen LogP contribution in [0.2, 0.25) is 0 Å². The summed E-state index contributed by atoms with van der Waals surface area (Å²) in [4.78, 5) is 11.2. The molecule has 1 amide bonds. The highest BCUT2D eigenvalue weighted by Gasteiger charge is 2.24. The van der Waals surface area contributed by atoms with Crippen molar-refractivity contribution >= 4 is 5.91 Å². The Morgan fingerprint density at radius 2 is 2.08 bits per heavy atom. The summed E-state index contributed by atoms with van der Waals surface area (Å²) in [6.07, 6.45) is 5.24. The largest absolute Gasteiger partial charge is 0.327 e. The molecule has 4 heteroatoms. The van der Waals surface area contributed by atoms with Gasteiger partial charge in [0.05, 0.1) is 0 Å². The summed E-state index contributed by atoms with van der Waals surface area (Å²) in [6, 6.07) is 0.000926. The van der Waals surface area contributed by atoms with Crippen LogP contribution in [0.1, 0.15) is 32.1 Å². The molecule has 1 saturated carbocycles. The fourth-order valence-electron chi connectivity index (χ4n) is 1.90. The molecular weight excluding hydrogens is 166 g/mol. The number of hydrogen-bond acceptors (Lipinski definition) is 3. The van der Waals surface area contributed by atoms with Crippen molar-refractivity contribution in [3.8, 4) is 0 Å². The number of amides is 1. The van der Waals surface area contributed by atoms with Crippen molar-refractivity contribution in [1.29, 1.82) is 0 Å². The van der Waals surface area contributed by atoms with Gasteiger partial charge in [-0.25, -0.2) is 5.84 Å². The zero-order valence-corrected chi connectivity index (χ0v) is 8.20. The second-order valence-corrected chi connectivity index (χ2v) is 3.92. The zero-order valence-electron chi connectivity index (χ0n) is 8.20. The molecular formula is C9H19N3O. The molecule has 0 aromatic rings. The van der Waals surface area contributed by atoms with Gasteiger partial charge in [0.1, 0.15) is 0 Å². The molecule has 0 aliphatic heterocycles. The van der Waals surface area contributed by atoms with E-state index in [2.05, 4.69) is 0 Å². The van der Waals surface area contributed by atoms with Crippen LogP contribution in [-0.2, 0) is 4.79 Å². The predicted molar refractivity (Wildman–Crippen MR) is 51.5 cm³/mol. The molecule has 1 fully saturated rings. The highest BCUT2D eigenvalue weighted by molar-refractivity contribution is 5.75. The van der Waals surface area contributed by atoms with Gasteiger partial charge in [-0.15, -0.1) is 0 Å². The van der Waals surface area contributed by atoms with Crippen molar-refractivity contribution in [2.75, 3.05) is 7.05 Å². The van der Waals surface area contributed by atoms with Crippen LogP contribution < -0.4 is 11.6 Å². The maximum absolute atomic E-state index is 11.2. The first-order valence-corrected chi connectivity index (χ1v) is 4.88. The molecule has 0 spiro atoms. The van der Waals surface area contributed by atoms with Crippen molar-refractivity contribution < 1.29 is 4.79 Å². The second kappa shape index (κ2) is 4.58. The maximum Gasteiger partial charge on any atom is 0.237 e. The first-order valence-electron chi connectivity index (χ1n) is 4.88. The fraction of sp³-hybridized carbons (Fsp3) is 0.889. The fourth-order valence-corrected chi connectivity index (χ4v) is 1.90. The Balaban J connectivity index is 2.31. The quantitative estimate of drug-likeness (QED) is 0.375. The average Bonchev–Trinajstić information content (AvgIpc) is 2.55. The van der Waals surface area contributed by atoms with Gasteiger partial charge < -0.3 is 5.73 Å². The number of hydrazine groups is 1. The Morgan fingerprint density at radius 1 is 1.54 bits per heavy atom. The van der Waals surface area contributed by atoms with Crippen LogP contribution in [0.4, 0.5) is 0 Å². The van der Waals surface area contributed by atoms with Crippen molar-refractivity contribution in [3.63, 3.8) is 0 Å². The first kappa shape index (κ1) is 10.5. The number of carbonyl (C=O) groups excluding carboxylic acids is 1. The SMILES string of the molecule is CN(N)C(=O)CC(N)C1CCCC1. The molecule has 1 aliphatic carbocycles. The second-order valence-electron chi connectivity index (χ2n) is 3.92. The van der Waals surface area contributed by atoms with Crippen molar-refractivity contribution in [2.24, 2.45) is 17.5 Å². The van der Waals surface area contributed by atoms with Crippen LogP contribution in [-0.4, -0.2) is 24.0 Å². The topological polar surface area (TPSA) is 72.3 Å². The predicted octanol–water partition coefficient (Wildman–Crippen LogP) is 0.226. The summed E-state index contributed by atoms with van der Waals surface area (Å²) >= 11 is 0. The highest BCUT2D eigenvalue weighted by Crippen LogP contribution is 2.27. The van der Waals surface area contributed by atoms with Gasteiger partial charge in [0.25, 0.3) is 0 Å². The van der Waals surface area contributed by atoms with Gasteiger partial charge in [-0.05, 0) is 18.8 Å². The molecule has 4 N–H and O–H groups in total. The number of hydrogen-bond donors (Lipinski definition) is 2. The van der Waals surface area contributed by atoms with Crippen molar-refractivity contribution in [2.45, 2.75) is 38.1 Å². The lowest BCUT2D eigenvalue weighted by molar-refractivity contribution is -0.130. The minimum absolute atomic E-state index is 0.000926. The lowest BCUT2D eigenvalue weighted by atomic mass is 9.96. The zero-order chi connectivity index (χ0) is 9.84. The molecule has 0 heterocycles. The Kier molecular flexibility index (Phi) is 3.69. The molecule has 0 radical (unpaired) electrons. The highest BCUT2D eigenvalue weighted by atomic mass is 16.2. The number of rotatable bonds is 3. The van der Waals surface area contributed by atoms with E-state index in [1.807, 2.05) is 0 Å². The molecule has 13 heavy (non-hydrogen) atoms. The summed E-state index contributed by atoms with van der Waals surface area (Å²) < 4.78 is 0. The molecule has 1 atom stereocenters. The van der Waals surface area contributed by atoms with Crippen LogP contribution in [0.5, 0.6) is 0 Å². The Bertz CT molecular complexity index is 176. The molecule has 4 nitrogen and oxygen atoms in total. The molecule has 0 aromatic carbocycles. The van der Waals surface area contributed by atoms with E-state index in [0.717, 1.165) is 5.01 Å². The third-order valence-electron chi connectivity index (χ3n) is 2.81. The van der Waals surface area contributed by atoms with Crippen LogP contribution in [0.3, 0.4) is 0 Å². The number of carbonyl (C=O) groups is 1. The van der Waals surface area contributed by atoms with Crippen LogP contribution in [0.15, 0.2) is 0 Å². The van der Waals surface area contributed by atoms with Gasteiger partial charge in [0.15, 0.2) is 0 Å². The smallest absolute Gasteiger partial charge is 0.237 e. The van der Waals surface area contributed by atoms with E-state index < -0.39 is 0 Å². The van der Waals surface area contributed by atoms with Crippen molar-refractivity contribution in [3.05, 3.63) is 0 Å². The Labute approximate surface area is 79.2 Å². The van der Waals surface area contributed by atoms with E-state index in [1.165, 1.54) is 25.7 Å². The Morgan fingerprint density at radius 3 is 2.54 bits per heavy atom. The molecule has 0 aromatic heterocycles. The third kappa shape index (κ3) is 2.97. The average molecular weight is 185 g/mol. The monoisotopic (exact) mass is 185 g/mol. The van der Waals surface area contributed by atoms with E-state index in [1.54, 1.807) is 7.05 Å². The normalized spacial score (nSPS) is 20.2. The van der Waals surface area contributed by atoms with E-state index >= 15 is 0 Å². The molecule has 1 rings (SSSR count). The number of nitrogens with zero attached hydrogens (tertiary/aromatic N) is 1. The van der Waals surface area contributed by atoms with E-state index in [0.29, 0.717) is 12.3 Å². The summed E-state index contributed by atoms with van der Waals surface area (Å²) in [5.74, 6) is 5.77. The first-order chi connectivity index (χ1) is 6.11. The van der Waals surface area contributed by atoms with E-state index in [4.69, 9.17) is 11.6 Å². The van der Waals surface area contributed by atoms with Gasteiger partial charge in [-0.2, -0.15) is 0 Å². The summed E-state index contributed by atoms with van der Waals surface area (Å²) in [5.41, 5.74) is 5.91. The standard InChI is InChI=1S/C9H19N3O/c1-12(11)9(13)6-8(10)7-4-2-3-5-7/h7-8H,2-6,10-11H2,1H3. The van der Waals surface area contributed by atoms with Crippen LogP contribution >= 0.6 is 0 Å². The van der Waals surface area contributed by atoms with Crippen LogP contribution in [0.25, 0.3) is 0 Å². The minimum Gasteiger partial charge on any atom is -0.327 e. The molecule has 1 unspecified atom stereocenters. The third-order valence-corrected chi connectivity index (χ3v) is 2.81. The van der Waals surface area contributed by atoms with Gasteiger partial charge in [-0.1, -0.05) is 12.8 Å². The minimum atomic E-state index is -0.0700. The summed E-state index contributed by atoms with van der Waals surface area (Å²) in [5, 5.41) is 1.12. The number of nitrogens with two attached hydrogens (primary N) is 2.